The van der Waals surface area contributed by atoms with E-state index in [1.54, 1.807) is 0 Å². The van der Waals surface area contributed by atoms with E-state index in [0.717, 1.165) is 63.7 Å². The first-order valence-electron chi connectivity index (χ1n) is 11.9. The van der Waals surface area contributed by atoms with Crippen LogP contribution >= 0.6 is 0 Å². The van der Waals surface area contributed by atoms with E-state index in [2.05, 4.69) is 20.8 Å². The maximum Gasteiger partial charge on any atom is 0.309 e. The normalized spacial score (nSPS) is 29.1. The van der Waals surface area contributed by atoms with Crippen LogP contribution in [0.5, 0.6) is 0 Å². The van der Waals surface area contributed by atoms with Crippen molar-refractivity contribution in [3.8, 4) is 0 Å². The summed E-state index contributed by atoms with van der Waals surface area (Å²) in [7, 11) is 0. The lowest BCUT2D eigenvalue weighted by Crippen LogP contribution is -2.31. The molecule has 1 atom stereocenters. The Labute approximate surface area is 172 Å². The maximum atomic E-state index is 12.5. The number of esters is 2. The van der Waals surface area contributed by atoms with Crippen LogP contribution in [-0.2, 0) is 19.1 Å². The van der Waals surface area contributed by atoms with Gasteiger partial charge in [0.25, 0.3) is 0 Å². The summed E-state index contributed by atoms with van der Waals surface area (Å²) in [5.41, 5.74) is 0. The van der Waals surface area contributed by atoms with Gasteiger partial charge in [-0.2, -0.15) is 0 Å². The van der Waals surface area contributed by atoms with Crippen LogP contribution in [0.15, 0.2) is 0 Å². The molecule has 28 heavy (non-hydrogen) atoms. The van der Waals surface area contributed by atoms with Gasteiger partial charge in [0.05, 0.1) is 18.4 Å². The summed E-state index contributed by atoms with van der Waals surface area (Å²) in [5, 5.41) is 0. The number of carbonyl (C=O) groups is 2. The highest BCUT2D eigenvalue weighted by Crippen LogP contribution is 2.32. The first kappa shape index (κ1) is 23.2. The molecule has 2 fully saturated rings. The molecular formula is C24H42O4. The van der Waals surface area contributed by atoms with Crippen LogP contribution in [0, 0.1) is 23.7 Å². The minimum atomic E-state index is -0.0442. The fourth-order valence-electron chi connectivity index (χ4n) is 4.65. The van der Waals surface area contributed by atoms with Crippen molar-refractivity contribution in [3.63, 3.8) is 0 Å². The highest BCUT2D eigenvalue weighted by atomic mass is 16.5. The molecule has 0 spiro atoms. The van der Waals surface area contributed by atoms with Gasteiger partial charge in [-0.25, -0.2) is 0 Å². The summed E-state index contributed by atoms with van der Waals surface area (Å²) in [5.74, 6) is 1.21. The molecule has 0 bridgehead atoms. The quantitative estimate of drug-likeness (QED) is 0.422. The molecule has 0 N–H and O–H groups in total. The molecule has 0 aromatic carbocycles. The van der Waals surface area contributed by atoms with Gasteiger partial charge in [0.2, 0.25) is 0 Å². The van der Waals surface area contributed by atoms with Gasteiger partial charge < -0.3 is 9.47 Å². The third kappa shape index (κ3) is 7.75. The Morgan fingerprint density at radius 3 is 2.00 bits per heavy atom. The average molecular weight is 395 g/mol. The highest BCUT2D eigenvalue weighted by molar-refractivity contribution is 5.75. The summed E-state index contributed by atoms with van der Waals surface area (Å²) < 4.78 is 11.4. The van der Waals surface area contributed by atoms with Crippen LogP contribution in [0.4, 0.5) is 0 Å². The zero-order valence-corrected chi connectivity index (χ0v) is 18.4. The molecular weight excluding hydrogens is 352 g/mol. The van der Waals surface area contributed by atoms with Gasteiger partial charge in [-0.05, 0) is 63.2 Å². The molecule has 4 heteroatoms. The third-order valence-corrected chi connectivity index (χ3v) is 6.76. The van der Waals surface area contributed by atoms with Gasteiger partial charge in [0.1, 0.15) is 6.10 Å². The molecule has 0 saturated heterocycles. The zero-order valence-electron chi connectivity index (χ0n) is 18.4. The molecule has 0 aromatic heterocycles. The smallest absolute Gasteiger partial charge is 0.309 e. The van der Waals surface area contributed by atoms with E-state index in [0.29, 0.717) is 12.5 Å². The van der Waals surface area contributed by atoms with E-state index in [4.69, 9.17) is 9.47 Å². The predicted molar refractivity (Wildman–Crippen MR) is 112 cm³/mol. The molecule has 0 aromatic rings. The van der Waals surface area contributed by atoms with Gasteiger partial charge in [0.15, 0.2) is 0 Å². The maximum absolute atomic E-state index is 12.5. The van der Waals surface area contributed by atoms with Gasteiger partial charge in [0, 0.05) is 0 Å². The SMILES string of the molecule is CCCCC(CCC)OC(=O)C1CCC(C(=O)OCC2CCC(C)CC2)CC1. The largest absolute Gasteiger partial charge is 0.465 e. The lowest BCUT2D eigenvalue weighted by Gasteiger charge is -2.29. The number of carbonyl (C=O) groups excluding carboxylic acids is 2. The molecule has 0 heterocycles. The first-order chi connectivity index (χ1) is 13.5. The standard InChI is InChI=1S/C24H42O4/c1-4-6-8-22(7-5-2)28-24(26)21-15-13-20(14-16-21)23(25)27-17-19-11-9-18(3)10-12-19/h18-22H,4-17H2,1-3H3. The predicted octanol–water partition coefficient (Wildman–Crippen LogP) is 6.06. The van der Waals surface area contributed by atoms with E-state index >= 15 is 0 Å². The Morgan fingerprint density at radius 1 is 0.821 bits per heavy atom. The molecule has 0 radical (unpaired) electrons. The van der Waals surface area contributed by atoms with Crippen LogP contribution in [0.25, 0.3) is 0 Å². The summed E-state index contributed by atoms with van der Waals surface area (Å²) in [6, 6.07) is 0. The van der Waals surface area contributed by atoms with Gasteiger partial charge >= 0.3 is 11.9 Å². The van der Waals surface area contributed by atoms with Crippen LogP contribution in [0.1, 0.15) is 104 Å². The molecule has 2 aliphatic rings. The minimum Gasteiger partial charge on any atom is -0.465 e. The third-order valence-electron chi connectivity index (χ3n) is 6.76. The monoisotopic (exact) mass is 394 g/mol. The second-order valence-electron chi connectivity index (χ2n) is 9.29. The fraction of sp³-hybridized carbons (Fsp3) is 0.917. The van der Waals surface area contributed by atoms with Crippen LogP contribution in [0.3, 0.4) is 0 Å². The van der Waals surface area contributed by atoms with Crippen molar-refractivity contribution in [3.05, 3.63) is 0 Å². The average Bonchev–Trinajstić information content (AvgIpc) is 2.71. The van der Waals surface area contributed by atoms with Crippen molar-refractivity contribution in [1.29, 1.82) is 0 Å². The molecule has 4 nitrogen and oxygen atoms in total. The van der Waals surface area contributed by atoms with E-state index in [1.165, 1.54) is 25.7 Å². The van der Waals surface area contributed by atoms with Crippen LogP contribution in [-0.4, -0.2) is 24.6 Å². The number of hydrogen-bond acceptors (Lipinski definition) is 4. The summed E-state index contributed by atoms with van der Waals surface area (Å²) in [6.07, 6.45) is 13.2. The molecule has 0 amide bonds. The lowest BCUT2D eigenvalue weighted by molar-refractivity contribution is -0.159. The van der Waals surface area contributed by atoms with Crippen molar-refractivity contribution in [2.45, 2.75) is 110 Å². The molecule has 162 valence electrons. The molecule has 2 rings (SSSR count). The van der Waals surface area contributed by atoms with Crippen molar-refractivity contribution < 1.29 is 19.1 Å². The lowest BCUT2D eigenvalue weighted by atomic mass is 9.82. The van der Waals surface area contributed by atoms with Gasteiger partial charge in [-0.3, -0.25) is 9.59 Å². The Balaban J connectivity index is 1.67. The number of unbranched alkanes of at least 4 members (excludes halogenated alkanes) is 1. The van der Waals surface area contributed by atoms with Crippen molar-refractivity contribution in [2.24, 2.45) is 23.7 Å². The van der Waals surface area contributed by atoms with E-state index < -0.39 is 0 Å². The fourth-order valence-corrected chi connectivity index (χ4v) is 4.65. The van der Waals surface area contributed by atoms with E-state index in [1.807, 2.05) is 0 Å². The molecule has 2 aliphatic carbocycles. The van der Waals surface area contributed by atoms with E-state index in [-0.39, 0.29) is 29.9 Å². The number of rotatable bonds is 10. The Bertz CT molecular complexity index is 459. The first-order valence-corrected chi connectivity index (χ1v) is 11.9. The second kappa shape index (κ2) is 12.5. The molecule has 1 unspecified atom stereocenters. The topological polar surface area (TPSA) is 52.6 Å². The number of hydrogen-bond donors (Lipinski definition) is 0. The second-order valence-corrected chi connectivity index (χ2v) is 9.29. The number of ether oxygens (including phenoxy) is 2. The van der Waals surface area contributed by atoms with E-state index in [9.17, 15) is 9.59 Å². The van der Waals surface area contributed by atoms with Crippen molar-refractivity contribution in [2.75, 3.05) is 6.61 Å². The van der Waals surface area contributed by atoms with Gasteiger partial charge in [-0.15, -0.1) is 0 Å². The van der Waals surface area contributed by atoms with Crippen molar-refractivity contribution in [1.82, 2.24) is 0 Å². The molecule has 2 saturated carbocycles. The minimum absolute atomic E-state index is 0.0295. The summed E-state index contributed by atoms with van der Waals surface area (Å²) in [6.45, 7) is 7.20. The Morgan fingerprint density at radius 2 is 1.43 bits per heavy atom. The van der Waals surface area contributed by atoms with Crippen LogP contribution in [0.2, 0.25) is 0 Å². The Kier molecular flexibility index (Phi) is 10.4. The highest BCUT2D eigenvalue weighted by Gasteiger charge is 2.33. The van der Waals surface area contributed by atoms with Gasteiger partial charge in [-0.1, -0.05) is 52.9 Å². The summed E-state index contributed by atoms with van der Waals surface area (Å²) >= 11 is 0. The van der Waals surface area contributed by atoms with Crippen molar-refractivity contribution >= 4 is 11.9 Å². The Hall–Kier alpha value is -1.06. The summed E-state index contributed by atoms with van der Waals surface area (Å²) in [4.78, 5) is 25.0. The van der Waals surface area contributed by atoms with Crippen LogP contribution < -0.4 is 0 Å². The molecule has 0 aliphatic heterocycles. The zero-order chi connectivity index (χ0) is 20.4.